The Bertz CT molecular complexity index is 1460. The molecule has 1 unspecified atom stereocenters. The van der Waals surface area contributed by atoms with Gasteiger partial charge in [-0.05, 0) is 67.8 Å². The molecule has 0 spiro atoms. The number of halogens is 2. The van der Waals surface area contributed by atoms with Crippen molar-refractivity contribution in [2.75, 3.05) is 29.9 Å². The molecule has 0 aliphatic carbocycles. The van der Waals surface area contributed by atoms with Crippen molar-refractivity contribution in [1.82, 2.24) is 5.32 Å². The molecular weight excluding hydrogens is 541 g/mol. The average Bonchev–Trinajstić information content (AvgIpc) is 3.09. The van der Waals surface area contributed by atoms with E-state index in [2.05, 4.69) is 10.6 Å². The van der Waals surface area contributed by atoms with Gasteiger partial charge in [0.1, 0.15) is 19.0 Å². The van der Waals surface area contributed by atoms with Gasteiger partial charge in [-0.1, -0.05) is 29.8 Å². The van der Waals surface area contributed by atoms with Crippen LogP contribution in [0.25, 0.3) is 0 Å². The zero-order valence-electron chi connectivity index (χ0n) is 21.6. The number of ether oxygens (including phenoxy) is 1. The lowest BCUT2D eigenvalue weighted by Gasteiger charge is -2.25. The summed E-state index contributed by atoms with van der Waals surface area (Å²) >= 11 is 6.49. The number of hydrogen-bond acceptors (Lipinski definition) is 5. The molecule has 208 valence electrons. The van der Waals surface area contributed by atoms with E-state index in [0.29, 0.717) is 35.3 Å². The molecular formula is C29H27ClFN3O6. The van der Waals surface area contributed by atoms with E-state index < -0.39 is 42.9 Å². The number of nitrogens with one attached hydrogen (secondary N) is 2. The van der Waals surface area contributed by atoms with E-state index in [-0.39, 0.29) is 23.0 Å². The van der Waals surface area contributed by atoms with Crippen molar-refractivity contribution in [2.45, 2.75) is 25.9 Å². The van der Waals surface area contributed by atoms with Crippen molar-refractivity contribution in [3.05, 3.63) is 93.8 Å². The van der Waals surface area contributed by atoms with Gasteiger partial charge in [0.2, 0.25) is 5.91 Å². The minimum atomic E-state index is -1.19. The number of aliphatic carboxylic acids is 1. The number of carbonyl (C=O) groups excluding carboxylic acids is 3. The van der Waals surface area contributed by atoms with Gasteiger partial charge in [0, 0.05) is 29.0 Å². The molecule has 0 saturated carbocycles. The number of rotatable bonds is 8. The van der Waals surface area contributed by atoms with Crippen LogP contribution in [0.1, 0.15) is 50.8 Å². The SMILES string of the molecule is Cc1ccccc1C(=O)Nc1ccc(C(=O)N2CCCC(OCC(=O)NCC(=O)O)c3cc(F)ccc32)c(Cl)c1. The third kappa shape index (κ3) is 6.83. The molecule has 0 fully saturated rings. The van der Waals surface area contributed by atoms with Gasteiger partial charge >= 0.3 is 5.97 Å². The molecule has 3 aromatic rings. The monoisotopic (exact) mass is 567 g/mol. The fourth-order valence-electron chi connectivity index (χ4n) is 4.46. The largest absolute Gasteiger partial charge is 0.480 e. The van der Waals surface area contributed by atoms with Gasteiger partial charge in [-0.2, -0.15) is 0 Å². The first-order chi connectivity index (χ1) is 19.1. The Kier molecular flexibility index (Phi) is 9.13. The molecule has 1 heterocycles. The van der Waals surface area contributed by atoms with E-state index in [1.165, 1.54) is 35.2 Å². The van der Waals surface area contributed by atoms with E-state index in [9.17, 15) is 23.6 Å². The highest BCUT2D eigenvalue weighted by Crippen LogP contribution is 2.37. The van der Waals surface area contributed by atoms with Gasteiger partial charge in [-0.25, -0.2) is 4.39 Å². The highest BCUT2D eigenvalue weighted by Gasteiger charge is 2.29. The average molecular weight is 568 g/mol. The summed E-state index contributed by atoms with van der Waals surface area (Å²) in [5.41, 5.74) is 2.74. The summed E-state index contributed by atoms with van der Waals surface area (Å²) in [7, 11) is 0. The number of hydrogen-bond donors (Lipinski definition) is 3. The van der Waals surface area contributed by atoms with Crippen LogP contribution in [0.2, 0.25) is 5.02 Å². The Hall–Kier alpha value is -4.28. The number of benzene rings is 3. The maximum absolute atomic E-state index is 14.3. The molecule has 1 aliphatic rings. The first-order valence-corrected chi connectivity index (χ1v) is 12.9. The Balaban J connectivity index is 1.53. The topological polar surface area (TPSA) is 125 Å². The van der Waals surface area contributed by atoms with Gasteiger partial charge in [-0.3, -0.25) is 19.2 Å². The smallest absolute Gasteiger partial charge is 0.322 e. The standard InChI is InChI=1S/C29H27ClFN3O6/c1-17-5-2-3-6-20(17)28(38)33-19-9-10-21(23(30)14-19)29(39)34-12-4-7-25(22-13-18(31)8-11-24(22)34)40-16-26(35)32-15-27(36)37/h2-3,5-6,8-11,13-14,25H,4,7,12,15-16H2,1H3,(H,32,35)(H,33,38)(H,36,37). The van der Waals surface area contributed by atoms with Gasteiger partial charge in [-0.15, -0.1) is 0 Å². The fourth-order valence-corrected chi connectivity index (χ4v) is 4.72. The number of nitrogens with zero attached hydrogens (tertiary/aromatic N) is 1. The van der Waals surface area contributed by atoms with Crippen LogP contribution in [-0.2, 0) is 14.3 Å². The summed E-state index contributed by atoms with van der Waals surface area (Å²) in [4.78, 5) is 50.4. The van der Waals surface area contributed by atoms with Crippen molar-refractivity contribution in [2.24, 2.45) is 0 Å². The number of amides is 3. The number of aryl methyl sites for hydroxylation is 1. The summed E-state index contributed by atoms with van der Waals surface area (Å²) in [6.07, 6.45) is 0.170. The second kappa shape index (κ2) is 12.7. The Labute approximate surface area is 234 Å². The second-order valence-corrected chi connectivity index (χ2v) is 9.64. The molecule has 0 aromatic heterocycles. The lowest BCUT2D eigenvalue weighted by molar-refractivity contribution is -0.139. The summed E-state index contributed by atoms with van der Waals surface area (Å²) in [6.45, 7) is 1.14. The first-order valence-electron chi connectivity index (χ1n) is 12.5. The van der Waals surface area contributed by atoms with Gasteiger partial charge in [0.05, 0.1) is 16.7 Å². The van der Waals surface area contributed by atoms with E-state index in [1.54, 1.807) is 18.2 Å². The van der Waals surface area contributed by atoms with Crippen LogP contribution in [0.15, 0.2) is 60.7 Å². The Morgan fingerprint density at radius 2 is 1.85 bits per heavy atom. The van der Waals surface area contributed by atoms with E-state index in [0.717, 1.165) is 5.56 Å². The third-order valence-corrected chi connectivity index (χ3v) is 6.73. The second-order valence-electron chi connectivity index (χ2n) is 9.24. The zero-order chi connectivity index (χ0) is 28.8. The van der Waals surface area contributed by atoms with Crippen molar-refractivity contribution in [3.63, 3.8) is 0 Å². The molecule has 3 amide bonds. The quantitative estimate of drug-likeness (QED) is 0.361. The normalized spacial score (nSPS) is 14.6. The number of carboxylic acids is 1. The van der Waals surface area contributed by atoms with Crippen molar-refractivity contribution >= 4 is 46.7 Å². The number of carbonyl (C=O) groups is 4. The lowest BCUT2D eigenvalue weighted by atomic mass is 10.0. The predicted molar refractivity (Wildman–Crippen MR) is 147 cm³/mol. The third-order valence-electron chi connectivity index (χ3n) is 6.42. The van der Waals surface area contributed by atoms with E-state index in [1.807, 2.05) is 19.1 Å². The van der Waals surface area contributed by atoms with Crippen LogP contribution < -0.4 is 15.5 Å². The van der Waals surface area contributed by atoms with Crippen LogP contribution >= 0.6 is 11.6 Å². The molecule has 1 aliphatic heterocycles. The van der Waals surface area contributed by atoms with Crippen molar-refractivity contribution in [1.29, 1.82) is 0 Å². The van der Waals surface area contributed by atoms with Crippen LogP contribution in [0.5, 0.6) is 0 Å². The molecule has 3 aromatic carbocycles. The molecule has 40 heavy (non-hydrogen) atoms. The van der Waals surface area contributed by atoms with Crippen molar-refractivity contribution in [3.8, 4) is 0 Å². The maximum Gasteiger partial charge on any atom is 0.322 e. The summed E-state index contributed by atoms with van der Waals surface area (Å²) in [5, 5.41) is 13.9. The molecule has 4 rings (SSSR count). The summed E-state index contributed by atoms with van der Waals surface area (Å²) in [6, 6.07) is 15.7. The highest BCUT2D eigenvalue weighted by molar-refractivity contribution is 6.35. The summed E-state index contributed by atoms with van der Waals surface area (Å²) < 4.78 is 20.0. The molecule has 3 N–H and O–H groups in total. The molecule has 0 saturated heterocycles. The zero-order valence-corrected chi connectivity index (χ0v) is 22.3. The van der Waals surface area contributed by atoms with Crippen LogP contribution in [0.4, 0.5) is 15.8 Å². The summed E-state index contributed by atoms with van der Waals surface area (Å²) in [5.74, 6) is -3.08. The lowest BCUT2D eigenvalue weighted by Crippen LogP contribution is -2.33. The fraction of sp³-hybridized carbons (Fsp3) is 0.241. The van der Waals surface area contributed by atoms with Gasteiger partial charge in [0.25, 0.3) is 11.8 Å². The van der Waals surface area contributed by atoms with Gasteiger partial charge in [0.15, 0.2) is 0 Å². The number of carboxylic acid groups (broad SMARTS) is 1. The Morgan fingerprint density at radius 3 is 2.58 bits per heavy atom. The Morgan fingerprint density at radius 1 is 1.07 bits per heavy atom. The van der Waals surface area contributed by atoms with Gasteiger partial charge < -0.3 is 25.4 Å². The molecule has 0 bridgehead atoms. The number of anilines is 2. The van der Waals surface area contributed by atoms with E-state index >= 15 is 0 Å². The maximum atomic E-state index is 14.3. The van der Waals surface area contributed by atoms with Crippen LogP contribution in [0.3, 0.4) is 0 Å². The molecule has 11 heteroatoms. The predicted octanol–water partition coefficient (Wildman–Crippen LogP) is 4.74. The molecule has 1 atom stereocenters. The van der Waals surface area contributed by atoms with Crippen molar-refractivity contribution < 1.29 is 33.4 Å². The highest BCUT2D eigenvalue weighted by atomic mass is 35.5. The first kappa shape index (κ1) is 28.7. The van der Waals surface area contributed by atoms with E-state index in [4.69, 9.17) is 21.4 Å². The number of fused-ring (bicyclic) bond motifs is 1. The minimum absolute atomic E-state index is 0.128. The van der Waals surface area contributed by atoms with Crippen LogP contribution in [0, 0.1) is 12.7 Å². The molecule has 9 nitrogen and oxygen atoms in total. The molecule has 0 radical (unpaired) electrons. The van der Waals surface area contributed by atoms with Crippen LogP contribution in [-0.4, -0.2) is 48.5 Å². The minimum Gasteiger partial charge on any atom is -0.480 e.